The lowest BCUT2D eigenvalue weighted by Gasteiger charge is -2.22. The monoisotopic (exact) mass is 460 g/mol. The fourth-order valence-electron chi connectivity index (χ4n) is 4.27. The summed E-state index contributed by atoms with van der Waals surface area (Å²) in [6.07, 6.45) is 0.823. The van der Waals surface area contributed by atoms with Crippen LogP contribution in [-0.2, 0) is 24.3 Å². The van der Waals surface area contributed by atoms with Crippen LogP contribution in [0.2, 0.25) is 0 Å². The van der Waals surface area contributed by atoms with Crippen LogP contribution in [0.1, 0.15) is 35.0 Å². The van der Waals surface area contributed by atoms with Crippen LogP contribution in [0.5, 0.6) is 11.5 Å². The zero-order chi connectivity index (χ0) is 23.7. The minimum atomic E-state index is -0.366. The van der Waals surface area contributed by atoms with Crippen molar-refractivity contribution in [1.29, 1.82) is 0 Å². The molecule has 9 heteroatoms. The van der Waals surface area contributed by atoms with Crippen LogP contribution in [0.3, 0.4) is 0 Å². The van der Waals surface area contributed by atoms with Gasteiger partial charge in [-0.3, -0.25) is 14.4 Å². The highest BCUT2D eigenvalue weighted by Gasteiger charge is 2.32. The summed E-state index contributed by atoms with van der Waals surface area (Å²) in [7, 11) is 0. The lowest BCUT2D eigenvalue weighted by Crippen LogP contribution is -2.38. The number of carbonyl (C=O) groups excluding carboxylic acids is 2. The second-order valence-corrected chi connectivity index (χ2v) is 8.35. The van der Waals surface area contributed by atoms with Crippen molar-refractivity contribution in [3.63, 3.8) is 0 Å². The summed E-state index contributed by atoms with van der Waals surface area (Å²) in [6, 6.07) is 16.0. The summed E-state index contributed by atoms with van der Waals surface area (Å²) in [4.78, 5) is 39.6. The average Bonchev–Trinajstić information content (AvgIpc) is 3.44. The number of carbonyl (C=O) groups is 2. The van der Waals surface area contributed by atoms with Gasteiger partial charge in [0.2, 0.25) is 12.7 Å². The van der Waals surface area contributed by atoms with Gasteiger partial charge in [0.05, 0.1) is 6.54 Å². The third-order valence-corrected chi connectivity index (χ3v) is 5.99. The van der Waals surface area contributed by atoms with Gasteiger partial charge in [0, 0.05) is 30.8 Å². The van der Waals surface area contributed by atoms with Gasteiger partial charge in [-0.15, -0.1) is 0 Å². The van der Waals surface area contributed by atoms with Crippen molar-refractivity contribution >= 4 is 17.5 Å². The van der Waals surface area contributed by atoms with Crippen LogP contribution in [0.25, 0.3) is 0 Å². The number of aryl methyl sites for hydroxylation is 1. The third kappa shape index (κ3) is 4.24. The number of nitrogens with one attached hydrogen (secondary N) is 1. The van der Waals surface area contributed by atoms with Crippen molar-refractivity contribution in [2.75, 3.05) is 11.7 Å². The van der Waals surface area contributed by atoms with Crippen LogP contribution in [0.4, 0.5) is 5.69 Å². The molecule has 5 rings (SSSR count). The van der Waals surface area contributed by atoms with E-state index in [0.717, 1.165) is 23.2 Å². The molecule has 0 bridgehead atoms. The SMILES string of the molecule is C[C@H]1Cc2ccccc2N1C(=O)c1ccc(=O)n(CCC(=O)NCc2ccc3c(c2)OCO3)n1. The first-order valence-electron chi connectivity index (χ1n) is 11.1. The van der Waals surface area contributed by atoms with Crippen LogP contribution < -0.4 is 25.2 Å². The lowest BCUT2D eigenvalue weighted by atomic mass is 10.1. The molecule has 2 aliphatic rings. The molecule has 9 nitrogen and oxygen atoms in total. The van der Waals surface area contributed by atoms with E-state index in [1.807, 2.05) is 43.3 Å². The predicted octanol–water partition coefficient (Wildman–Crippen LogP) is 2.27. The highest BCUT2D eigenvalue weighted by molar-refractivity contribution is 6.06. The summed E-state index contributed by atoms with van der Waals surface area (Å²) in [5.74, 6) is 0.837. The number of nitrogens with zero attached hydrogens (tertiary/aromatic N) is 3. The Morgan fingerprint density at radius 1 is 1.09 bits per heavy atom. The lowest BCUT2D eigenvalue weighted by molar-refractivity contribution is -0.121. The number of ether oxygens (including phenoxy) is 2. The molecule has 2 aromatic carbocycles. The number of fused-ring (bicyclic) bond motifs is 2. The van der Waals surface area contributed by atoms with Crippen molar-refractivity contribution in [3.8, 4) is 11.5 Å². The molecule has 34 heavy (non-hydrogen) atoms. The highest BCUT2D eigenvalue weighted by atomic mass is 16.7. The average molecular weight is 460 g/mol. The number of aromatic nitrogens is 2. The van der Waals surface area contributed by atoms with E-state index in [-0.39, 0.29) is 48.9 Å². The second kappa shape index (κ2) is 9.01. The van der Waals surface area contributed by atoms with E-state index >= 15 is 0 Å². The first-order chi connectivity index (χ1) is 16.5. The smallest absolute Gasteiger partial charge is 0.278 e. The molecule has 3 aromatic rings. The van der Waals surface area contributed by atoms with Gasteiger partial charge in [-0.2, -0.15) is 5.10 Å². The third-order valence-electron chi connectivity index (χ3n) is 5.99. The standard InChI is InChI=1S/C25H24N4O5/c1-16-12-18-4-2-3-5-20(18)29(16)25(32)19-7-9-24(31)28(27-19)11-10-23(30)26-14-17-6-8-21-22(13-17)34-15-33-21/h2-9,13,16H,10-12,14-15H2,1H3,(H,26,30)/t16-/m0/s1. The van der Waals surface area contributed by atoms with Gasteiger partial charge >= 0.3 is 0 Å². The van der Waals surface area contributed by atoms with Crippen molar-refractivity contribution in [2.24, 2.45) is 0 Å². The van der Waals surface area contributed by atoms with E-state index in [1.54, 1.807) is 11.0 Å². The molecule has 0 saturated carbocycles. The fourth-order valence-corrected chi connectivity index (χ4v) is 4.27. The van der Waals surface area contributed by atoms with Crippen LogP contribution >= 0.6 is 0 Å². The van der Waals surface area contributed by atoms with Crippen molar-refractivity contribution in [3.05, 3.63) is 81.8 Å². The van der Waals surface area contributed by atoms with Gasteiger partial charge in [0.15, 0.2) is 11.5 Å². The maximum absolute atomic E-state index is 13.2. The van der Waals surface area contributed by atoms with E-state index in [9.17, 15) is 14.4 Å². The minimum absolute atomic E-state index is 0.00552. The summed E-state index contributed by atoms with van der Waals surface area (Å²) < 4.78 is 11.8. The number of benzene rings is 2. The molecule has 0 spiro atoms. The molecule has 2 aliphatic heterocycles. The van der Waals surface area contributed by atoms with Gasteiger partial charge in [0.1, 0.15) is 5.69 Å². The topological polar surface area (TPSA) is 103 Å². The number of amides is 2. The van der Waals surface area contributed by atoms with Gasteiger partial charge in [0.25, 0.3) is 11.5 Å². The molecular formula is C25H24N4O5. The van der Waals surface area contributed by atoms with E-state index in [1.165, 1.54) is 16.8 Å². The van der Waals surface area contributed by atoms with Crippen molar-refractivity contribution < 1.29 is 19.1 Å². The quantitative estimate of drug-likeness (QED) is 0.606. The van der Waals surface area contributed by atoms with Crippen LogP contribution in [-0.4, -0.2) is 34.4 Å². The van der Waals surface area contributed by atoms with E-state index in [2.05, 4.69) is 10.4 Å². The molecule has 1 N–H and O–H groups in total. The van der Waals surface area contributed by atoms with Gasteiger partial charge in [-0.1, -0.05) is 24.3 Å². The van der Waals surface area contributed by atoms with Gasteiger partial charge in [-0.05, 0) is 48.7 Å². The predicted molar refractivity (Wildman–Crippen MR) is 124 cm³/mol. The zero-order valence-corrected chi connectivity index (χ0v) is 18.7. The number of rotatable bonds is 6. The first kappa shape index (κ1) is 21.7. The molecule has 174 valence electrons. The summed E-state index contributed by atoms with van der Waals surface area (Å²) in [5.41, 5.74) is 2.65. The Kier molecular flexibility index (Phi) is 5.75. The minimum Gasteiger partial charge on any atom is -0.454 e. The molecule has 0 aliphatic carbocycles. The molecule has 0 fully saturated rings. The van der Waals surface area contributed by atoms with Crippen LogP contribution in [0, 0.1) is 0 Å². The fraction of sp³-hybridized carbons (Fsp3) is 0.280. The molecule has 3 heterocycles. The molecule has 0 unspecified atom stereocenters. The summed E-state index contributed by atoms with van der Waals surface area (Å²) >= 11 is 0. The summed E-state index contributed by atoms with van der Waals surface area (Å²) in [6.45, 7) is 2.57. The van der Waals surface area contributed by atoms with E-state index in [0.29, 0.717) is 18.0 Å². The van der Waals surface area contributed by atoms with Gasteiger partial charge in [-0.25, -0.2) is 4.68 Å². The number of para-hydroxylation sites is 1. The first-order valence-corrected chi connectivity index (χ1v) is 11.1. The molecule has 1 atom stereocenters. The van der Waals surface area contributed by atoms with Crippen molar-refractivity contribution in [2.45, 2.75) is 38.9 Å². The molecule has 1 aromatic heterocycles. The van der Waals surface area contributed by atoms with Crippen molar-refractivity contribution in [1.82, 2.24) is 15.1 Å². The Hall–Kier alpha value is -4.14. The number of hydrogen-bond acceptors (Lipinski definition) is 6. The van der Waals surface area contributed by atoms with Crippen LogP contribution in [0.15, 0.2) is 59.4 Å². The molecule has 0 saturated heterocycles. The number of hydrogen-bond donors (Lipinski definition) is 1. The Morgan fingerprint density at radius 3 is 2.79 bits per heavy atom. The molecule has 2 amide bonds. The second-order valence-electron chi connectivity index (χ2n) is 8.35. The highest BCUT2D eigenvalue weighted by Crippen LogP contribution is 2.33. The van der Waals surface area contributed by atoms with Gasteiger partial charge < -0.3 is 19.7 Å². The van der Waals surface area contributed by atoms with E-state index < -0.39 is 0 Å². The zero-order valence-electron chi connectivity index (χ0n) is 18.7. The largest absolute Gasteiger partial charge is 0.454 e. The van der Waals surface area contributed by atoms with E-state index in [4.69, 9.17) is 9.47 Å². The Labute approximate surface area is 195 Å². The Morgan fingerprint density at radius 2 is 1.91 bits per heavy atom. The Balaban J connectivity index is 1.22. The maximum Gasteiger partial charge on any atom is 0.278 e. The normalized spacial score (nSPS) is 15.8. The summed E-state index contributed by atoms with van der Waals surface area (Å²) in [5, 5.41) is 7.08. The molecular weight excluding hydrogens is 436 g/mol. The Bertz CT molecular complexity index is 1320. The maximum atomic E-state index is 13.2. The molecule has 0 radical (unpaired) electrons. The number of anilines is 1.